The molecule has 2 heterocycles. The van der Waals surface area contributed by atoms with Crippen LogP contribution in [0, 0.1) is 0 Å². The first-order valence-electron chi connectivity index (χ1n) is 10.9. The van der Waals surface area contributed by atoms with Crippen molar-refractivity contribution < 1.29 is 4.52 Å². The third-order valence-corrected chi connectivity index (χ3v) is 5.47. The average Bonchev–Trinajstić information content (AvgIpc) is 3.15. The first-order valence-corrected chi connectivity index (χ1v) is 10.9. The summed E-state index contributed by atoms with van der Waals surface area (Å²) in [6.07, 6.45) is 7.11. The molecular formula is C21H39N5O. The van der Waals surface area contributed by atoms with Crippen molar-refractivity contribution in [3.8, 4) is 0 Å². The Balaban J connectivity index is 1.86. The maximum Gasteiger partial charge on any atom is 0.191 e. The largest absolute Gasteiger partial charge is 0.359 e. The molecule has 0 bridgehead atoms. The Morgan fingerprint density at radius 2 is 2.00 bits per heavy atom. The van der Waals surface area contributed by atoms with Gasteiger partial charge in [0, 0.05) is 37.7 Å². The van der Waals surface area contributed by atoms with Gasteiger partial charge in [0.05, 0.1) is 5.69 Å². The number of guanidine groups is 1. The Labute approximate surface area is 165 Å². The minimum atomic E-state index is 0.482. The lowest BCUT2D eigenvalue weighted by Crippen LogP contribution is -2.48. The number of aromatic nitrogens is 1. The van der Waals surface area contributed by atoms with Gasteiger partial charge in [0.2, 0.25) is 0 Å². The summed E-state index contributed by atoms with van der Waals surface area (Å²) in [4.78, 5) is 7.30. The molecule has 2 rings (SSSR count). The van der Waals surface area contributed by atoms with Gasteiger partial charge in [-0.2, -0.15) is 0 Å². The second kappa shape index (κ2) is 12.0. The van der Waals surface area contributed by atoms with Gasteiger partial charge in [-0.3, -0.25) is 0 Å². The smallest absolute Gasteiger partial charge is 0.191 e. The summed E-state index contributed by atoms with van der Waals surface area (Å²) in [5.74, 6) is 2.20. The molecule has 6 nitrogen and oxygen atoms in total. The van der Waals surface area contributed by atoms with Gasteiger partial charge >= 0.3 is 0 Å². The summed E-state index contributed by atoms with van der Waals surface area (Å²) in [6, 6.07) is 2.56. The number of aliphatic imine (C=N–C) groups is 1. The molecule has 0 aromatic carbocycles. The summed E-state index contributed by atoms with van der Waals surface area (Å²) in [5, 5.41) is 11.2. The third-order valence-electron chi connectivity index (χ3n) is 5.47. The molecule has 154 valence electrons. The molecule has 0 spiro atoms. The fraction of sp³-hybridized carbons (Fsp3) is 0.810. The number of nitrogens with zero attached hydrogens (tertiary/aromatic N) is 3. The summed E-state index contributed by atoms with van der Waals surface area (Å²) < 4.78 is 5.50. The number of rotatable bonds is 10. The van der Waals surface area contributed by atoms with Crippen LogP contribution in [-0.2, 0) is 6.54 Å². The third kappa shape index (κ3) is 7.17. The minimum Gasteiger partial charge on any atom is -0.359 e. The van der Waals surface area contributed by atoms with Crippen LogP contribution in [0.15, 0.2) is 15.6 Å². The number of hydrogen-bond donors (Lipinski definition) is 2. The first kappa shape index (κ1) is 21.7. The van der Waals surface area contributed by atoms with Gasteiger partial charge < -0.3 is 20.1 Å². The molecule has 0 radical (unpaired) electrons. The molecule has 27 heavy (non-hydrogen) atoms. The van der Waals surface area contributed by atoms with Gasteiger partial charge in [0.15, 0.2) is 11.7 Å². The molecule has 1 saturated heterocycles. The highest BCUT2D eigenvalue weighted by atomic mass is 16.5. The molecule has 2 N–H and O–H groups in total. The van der Waals surface area contributed by atoms with Gasteiger partial charge in [-0.05, 0) is 45.6 Å². The molecule has 0 saturated carbocycles. The summed E-state index contributed by atoms with van der Waals surface area (Å²) >= 11 is 0. The van der Waals surface area contributed by atoms with Crippen LogP contribution in [0.3, 0.4) is 0 Å². The van der Waals surface area contributed by atoms with Crippen molar-refractivity contribution in [2.75, 3.05) is 26.2 Å². The van der Waals surface area contributed by atoms with Gasteiger partial charge in [-0.1, -0.05) is 32.3 Å². The first-order chi connectivity index (χ1) is 13.2. The molecule has 6 heteroatoms. The lowest BCUT2D eigenvalue weighted by Gasteiger charge is -2.33. The standard InChI is InChI=1S/C21H39N5O/c1-5-9-12-26-13-10-18(11-14-26)24-21(22-8-4)23-16-19-15-20(25-27-19)17(6-2)7-3/h15,17-18H,5-14,16H2,1-4H3,(H2,22,23,24). The molecular weight excluding hydrogens is 338 g/mol. The Bertz CT molecular complexity index is 545. The fourth-order valence-electron chi connectivity index (χ4n) is 3.66. The normalized spacial score (nSPS) is 16.9. The van der Waals surface area contributed by atoms with E-state index in [9.17, 15) is 0 Å². The molecule has 0 unspecified atom stereocenters. The summed E-state index contributed by atoms with van der Waals surface area (Å²) in [6.45, 7) is 13.7. The fourth-order valence-corrected chi connectivity index (χ4v) is 3.66. The second-order valence-electron chi connectivity index (χ2n) is 7.54. The maximum atomic E-state index is 5.50. The minimum absolute atomic E-state index is 0.482. The second-order valence-corrected chi connectivity index (χ2v) is 7.54. The van der Waals surface area contributed by atoms with Crippen LogP contribution in [-0.4, -0.2) is 48.2 Å². The van der Waals surface area contributed by atoms with E-state index in [0.717, 1.165) is 36.8 Å². The molecule has 1 aliphatic rings. The van der Waals surface area contributed by atoms with Crippen molar-refractivity contribution in [1.29, 1.82) is 0 Å². The number of unbranched alkanes of at least 4 members (excludes halogenated alkanes) is 1. The van der Waals surface area contributed by atoms with E-state index in [-0.39, 0.29) is 0 Å². The average molecular weight is 378 g/mol. The number of nitrogens with one attached hydrogen (secondary N) is 2. The van der Waals surface area contributed by atoms with E-state index in [1.165, 1.54) is 45.3 Å². The van der Waals surface area contributed by atoms with Crippen LogP contribution in [0.25, 0.3) is 0 Å². The van der Waals surface area contributed by atoms with Crippen LogP contribution in [0.1, 0.15) is 83.6 Å². The highest BCUT2D eigenvalue weighted by molar-refractivity contribution is 5.80. The molecule has 1 aliphatic heterocycles. The van der Waals surface area contributed by atoms with E-state index < -0.39 is 0 Å². The maximum absolute atomic E-state index is 5.50. The van der Waals surface area contributed by atoms with Gasteiger partial charge in [-0.15, -0.1) is 0 Å². The van der Waals surface area contributed by atoms with E-state index in [0.29, 0.717) is 18.5 Å². The van der Waals surface area contributed by atoms with Crippen LogP contribution in [0.2, 0.25) is 0 Å². The monoisotopic (exact) mass is 377 g/mol. The molecule has 0 amide bonds. The predicted octanol–water partition coefficient (Wildman–Crippen LogP) is 3.90. The Morgan fingerprint density at radius 3 is 2.63 bits per heavy atom. The highest BCUT2D eigenvalue weighted by Gasteiger charge is 2.19. The van der Waals surface area contributed by atoms with Crippen molar-refractivity contribution in [1.82, 2.24) is 20.7 Å². The van der Waals surface area contributed by atoms with E-state index in [1.807, 2.05) is 0 Å². The topological polar surface area (TPSA) is 65.7 Å². The summed E-state index contributed by atoms with van der Waals surface area (Å²) in [5.41, 5.74) is 1.06. The SMILES string of the molecule is CCCCN1CCC(NC(=NCc2cc(C(CC)CC)no2)NCC)CC1. The Hall–Kier alpha value is -1.56. The van der Waals surface area contributed by atoms with Crippen molar-refractivity contribution in [2.24, 2.45) is 4.99 Å². The van der Waals surface area contributed by atoms with Gasteiger partial charge in [-0.25, -0.2) is 4.99 Å². The van der Waals surface area contributed by atoms with Crippen LogP contribution in [0.5, 0.6) is 0 Å². The van der Waals surface area contributed by atoms with Gasteiger partial charge in [0.25, 0.3) is 0 Å². The molecule has 0 aliphatic carbocycles. The summed E-state index contributed by atoms with van der Waals surface area (Å²) in [7, 11) is 0. The van der Waals surface area contributed by atoms with Crippen LogP contribution in [0.4, 0.5) is 0 Å². The number of hydrogen-bond acceptors (Lipinski definition) is 4. The predicted molar refractivity (Wildman–Crippen MR) is 112 cm³/mol. The van der Waals surface area contributed by atoms with Gasteiger partial charge in [0.1, 0.15) is 6.54 Å². The number of piperidine rings is 1. The van der Waals surface area contributed by atoms with Crippen molar-refractivity contribution in [2.45, 2.75) is 84.7 Å². The molecule has 1 aromatic heterocycles. The number of likely N-dealkylation sites (tertiary alicyclic amines) is 1. The zero-order chi connectivity index (χ0) is 19.5. The zero-order valence-electron chi connectivity index (χ0n) is 17.8. The zero-order valence-corrected chi connectivity index (χ0v) is 17.8. The van der Waals surface area contributed by atoms with E-state index in [4.69, 9.17) is 9.52 Å². The quantitative estimate of drug-likeness (QED) is 0.478. The molecule has 1 aromatic rings. The molecule has 0 atom stereocenters. The van der Waals surface area contributed by atoms with E-state index >= 15 is 0 Å². The van der Waals surface area contributed by atoms with Crippen molar-refractivity contribution >= 4 is 5.96 Å². The van der Waals surface area contributed by atoms with Crippen molar-refractivity contribution in [3.63, 3.8) is 0 Å². The lowest BCUT2D eigenvalue weighted by atomic mass is 9.99. The van der Waals surface area contributed by atoms with Crippen LogP contribution < -0.4 is 10.6 Å². The Kier molecular flexibility index (Phi) is 9.67. The Morgan fingerprint density at radius 1 is 1.26 bits per heavy atom. The van der Waals surface area contributed by atoms with E-state index in [2.05, 4.69) is 54.5 Å². The lowest BCUT2D eigenvalue weighted by molar-refractivity contribution is 0.203. The van der Waals surface area contributed by atoms with E-state index in [1.54, 1.807) is 0 Å². The van der Waals surface area contributed by atoms with Crippen LogP contribution >= 0.6 is 0 Å². The highest BCUT2D eigenvalue weighted by Crippen LogP contribution is 2.22. The molecule has 1 fully saturated rings. The van der Waals surface area contributed by atoms with Crippen molar-refractivity contribution in [3.05, 3.63) is 17.5 Å².